The van der Waals surface area contributed by atoms with Gasteiger partial charge in [-0.2, -0.15) is 0 Å². The Balaban J connectivity index is 1.73. The van der Waals surface area contributed by atoms with Crippen LogP contribution in [0.1, 0.15) is 26.3 Å². The molecular weight excluding hydrogens is 264 g/mol. The lowest BCUT2D eigenvalue weighted by Crippen LogP contribution is -2.40. The second-order valence-electron chi connectivity index (χ2n) is 6.89. The van der Waals surface area contributed by atoms with E-state index >= 15 is 0 Å². The highest BCUT2D eigenvalue weighted by Gasteiger charge is 2.47. The summed E-state index contributed by atoms with van der Waals surface area (Å²) in [6.07, 6.45) is 0.843. The Morgan fingerprint density at radius 3 is 2.48 bits per heavy atom. The van der Waals surface area contributed by atoms with Crippen LogP contribution in [0.4, 0.5) is 0 Å². The number of benzene rings is 1. The maximum absolute atomic E-state index is 12.0. The van der Waals surface area contributed by atoms with E-state index in [1.807, 2.05) is 43.9 Å². The van der Waals surface area contributed by atoms with Gasteiger partial charge in [-0.15, -0.1) is 0 Å². The normalized spacial score (nSPS) is 25.0. The lowest BCUT2D eigenvalue weighted by molar-refractivity contribution is -0.122. The maximum Gasteiger partial charge on any atom is 0.234 e. The number of nitrogens with zero attached hydrogens (tertiary/aromatic N) is 1. The third-order valence-electron chi connectivity index (χ3n) is 4.55. The molecule has 1 heterocycles. The van der Waals surface area contributed by atoms with E-state index in [9.17, 15) is 9.90 Å². The van der Waals surface area contributed by atoms with Crippen LogP contribution in [-0.4, -0.2) is 47.7 Å². The molecule has 1 aliphatic heterocycles. The van der Waals surface area contributed by atoms with Crippen LogP contribution in [0, 0.1) is 5.41 Å². The molecule has 0 saturated carbocycles. The van der Waals surface area contributed by atoms with Crippen LogP contribution in [0.15, 0.2) is 30.3 Å². The quantitative estimate of drug-likeness (QED) is 0.863. The third-order valence-corrected chi connectivity index (χ3v) is 4.55. The Morgan fingerprint density at radius 1 is 1.24 bits per heavy atom. The maximum atomic E-state index is 12.0. The van der Waals surface area contributed by atoms with Crippen molar-refractivity contribution in [3.63, 3.8) is 0 Å². The van der Waals surface area contributed by atoms with Crippen LogP contribution < -0.4 is 5.32 Å². The van der Waals surface area contributed by atoms with Crippen LogP contribution in [0.5, 0.6) is 0 Å². The molecule has 116 valence electrons. The number of carbonyl (C=O) groups excluding carboxylic acids is 1. The fourth-order valence-corrected chi connectivity index (χ4v) is 2.80. The SMILES string of the molecule is CC1(C)CN(CC(=O)NCCc2ccccc2)C[C@]1(C)O. The molecule has 1 saturated heterocycles. The summed E-state index contributed by atoms with van der Waals surface area (Å²) in [5.74, 6) is 0.0273. The summed E-state index contributed by atoms with van der Waals surface area (Å²) in [6, 6.07) is 10.1. The summed E-state index contributed by atoms with van der Waals surface area (Å²) < 4.78 is 0. The Bertz CT molecular complexity index is 467. The van der Waals surface area contributed by atoms with E-state index in [1.54, 1.807) is 0 Å². The van der Waals surface area contributed by atoms with E-state index in [0.717, 1.165) is 13.0 Å². The molecular formula is C17H26N2O2. The highest BCUT2D eigenvalue weighted by atomic mass is 16.3. The second-order valence-corrected chi connectivity index (χ2v) is 6.89. The molecule has 1 atom stereocenters. The lowest BCUT2D eigenvalue weighted by Gasteiger charge is -2.31. The van der Waals surface area contributed by atoms with E-state index in [4.69, 9.17) is 0 Å². The van der Waals surface area contributed by atoms with Crippen molar-refractivity contribution < 1.29 is 9.90 Å². The summed E-state index contributed by atoms with van der Waals surface area (Å²) in [7, 11) is 0. The van der Waals surface area contributed by atoms with Gasteiger partial charge in [0, 0.05) is 25.0 Å². The number of hydrogen-bond donors (Lipinski definition) is 2. The van der Waals surface area contributed by atoms with Crippen LogP contribution in [0.3, 0.4) is 0 Å². The van der Waals surface area contributed by atoms with Gasteiger partial charge in [-0.3, -0.25) is 9.69 Å². The van der Waals surface area contributed by atoms with E-state index in [-0.39, 0.29) is 11.3 Å². The van der Waals surface area contributed by atoms with Crippen molar-refractivity contribution in [1.29, 1.82) is 0 Å². The van der Waals surface area contributed by atoms with Gasteiger partial charge in [0.1, 0.15) is 0 Å². The molecule has 1 aliphatic rings. The minimum Gasteiger partial charge on any atom is -0.388 e. The van der Waals surface area contributed by atoms with Crippen molar-refractivity contribution in [2.45, 2.75) is 32.8 Å². The first-order valence-corrected chi connectivity index (χ1v) is 7.55. The highest BCUT2D eigenvalue weighted by molar-refractivity contribution is 5.78. The molecule has 0 unspecified atom stereocenters. The number of carbonyl (C=O) groups is 1. The van der Waals surface area contributed by atoms with Crippen LogP contribution in [-0.2, 0) is 11.2 Å². The zero-order chi connectivity index (χ0) is 15.5. The van der Waals surface area contributed by atoms with Gasteiger partial charge in [-0.1, -0.05) is 44.2 Å². The van der Waals surface area contributed by atoms with E-state index in [0.29, 0.717) is 19.6 Å². The fourth-order valence-electron chi connectivity index (χ4n) is 2.80. The highest BCUT2D eigenvalue weighted by Crippen LogP contribution is 2.37. The van der Waals surface area contributed by atoms with Gasteiger partial charge in [-0.05, 0) is 18.9 Å². The molecule has 2 rings (SSSR count). The fraction of sp³-hybridized carbons (Fsp3) is 0.588. The summed E-state index contributed by atoms with van der Waals surface area (Å²) in [5.41, 5.74) is 0.303. The lowest BCUT2D eigenvalue weighted by atomic mass is 9.79. The summed E-state index contributed by atoms with van der Waals surface area (Å²) in [5, 5.41) is 13.3. The molecule has 0 spiro atoms. The van der Waals surface area contributed by atoms with E-state index in [1.165, 1.54) is 5.56 Å². The number of likely N-dealkylation sites (tertiary alicyclic amines) is 1. The van der Waals surface area contributed by atoms with Crippen molar-refractivity contribution in [3.8, 4) is 0 Å². The Morgan fingerprint density at radius 2 is 1.90 bits per heavy atom. The molecule has 1 aromatic carbocycles. The Hall–Kier alpha value is -1.39. The molecule has 1 fully saturated rings. The summed E-state index contributed by atoms with van der Waals surface area (Å²) >= 11 is 0. The monoisotopic (exact) mass is 290 g/mol. The zero-order valence-electron chi connectivity index (χ0n) is 13.2. The number of nitrogens with one attached hydrogen (secondary N) is 1. The first kappa shape index (κ1) is 16.0. The molecule has 0 aromatic heterocycles. The van der Waals surface area contributed by atoms with Crippen molar-refractivity contribution in [2.24, 2.45) is 5.41 Å². The van der Waals surface area contributed by atoms with Crippen LogP contribution in [0.2, 0.25) is 0 Å². The Kier molecular flexibility index (Phi) is 4.69. The van der Waals surface area contributed by atoms with Gasteiger partial charge in [0.15, 0.2) is 0 Å². The molecule has 4 heteroatoms. The van der Waals surface area contributed by atoms with Crippen molar-refractivity contribution in [3.05, 3.63) is 35.9 Å². The van der Waals surface area contributed by atoms with Gasteiger partial charge >= 0.3 is 0 Å². The predicted molar refractivity (Wildman–Crippen MR) is 84.0 cm³/mol. The molecule has 0 aliphatic carbocycles. The first-order valence-electron chi connectivity index (χ1n) is 7.55. The minimum absolute atomic E-state index is 0.0273. The van der Waals surface area contributed by atoms with Gasteiger partial charge in [0.05, 0.1) is 12.1 Å². The van der Waals surface area contributed by atoms with Crippen molar-refractivity contribution in [1.82, 2.24) is 10.2 Å². The molecule has 2 N–H and O–H groups in total. The number of aliphatic hydroxyl groups is 1. The van der Waals surface area contributed by atoms with Gasteiger partial charge in [0.2, 0.25) is 5.91 Å². The number of amides is 1. The topological polar surface area (TPSA) is 52.6 Å². The largest absolute Gasteiger partial charge is 0.388 e. The summed E-state index contributed by atoms with van der Waals surface area (Å²) in [4.78, 5) is 14.0. The predicted octanol–water partition coefficient (Wildman–Crippen LogP) is 1.44. The summed E-state index contributed by atoms with van der Waals surface area (Å²) in [6.45, 7) is 8.23. The van der Waals surface area contributed by atoms with Crippen molar-refractivity contribution in [2.75, 3.05) is 26.2 Å². The van der Waals surface area contributed by atoms with E-state index in [2.05, 4.69) is 17.4 Å². The number of hydrogen-bond acceptors (Lipinski definition) is 3. The third kappa shape index (κ3) is 4.05. The smallest absolute Gasteiger partial charge is 0.234 e. The molecule has 0 radical (unpaired) electrons. The first-order chi connectivity index (χ1) is 9.80. The van der Waals surface area contributed by atoms with Gasteiger partial charge in [0.25, 0.3) is 0 Å². The average molecular weight is 290 g/mol. The number of β-amino-alcohol motifs (C(OH)–C–C–N with tert-alkyl or cyclic N) is 1. The van der Waals surface area contributed by atoms with E-state index < -0.39 is 5.60 Å². The van der Waals surface area contributed by atoms with Gasteiger partial charge in [-0.25, -0.2) is 0 Å². The molecule has 0 bridgehead atoms. The Labute approximate surface area is 127 Å². The molecule has 4 nitrogen and oxygen atoms in total. The van der Waals surface area contributed by atoms with Crippen LogP contribution in [0.25, 0.3) is 0 Å². The standard InChI is InChI=1S/C17H26N2O2/c1-16(2)12-19(13-17(16,3)21)11-15(20)18-10-9-14-7-5-4-6-8-14/h4-8,21H,9-13H2,1-3H3,(H,18,20)/t17-/m0/s1. The number of rotatable bonds is 5. The van der Waals surface area contributed by atoms with Crippen molar-refractivity contribution >= 4 is 5.91 Å². The molecule has 1 amide bonds. The minimum atomic E-state index is -0.739. The average Bonchev–Trinajstić information content (AvgIpc) is 2.58. The second kappa shape index (κ2) is 6.16. The zero-order valence-corrected chi connectivity index (χ0v) is 13.2. The van der Waals surface area contributed by atoms with Crippen LogP contribution >= 0.6 is 0 Å². The molecule has 21 heavy (non-hydrogen) atoms. The molecule has 1 aromatic rings. The van der Waals surface area contributed by atoms with Gasteiger partial charge < -0.3 is 10.4 Å².